The lowest BCUT2D eigenvalue weighted by molar-refractivity contribution is 0.415. The standard InChI is InChI=1S/C9H11N5O/c1-6-11-12-13-14(6)9-4-3-7(15-2)5-8(9)10/h3-5H,10H2,1-2H3. The number of nitrogen functional groups attached to an aromatic ring is 1. The Balaban J connectivity index is 2.50. The molecule has 0 aliphatic heterocycles. The second-order valence-electron chi connectivity index (χ2n) is 3.06. The third-order valence-electron chi connectivity index (χ3n) is 2.09. The fourth-order valence-electron chi connectivity index (χ4n) is 1.31. The molecule has 0 unspecified atom stereocenters. The summed E-state index contributed by atoms with van der Waals surface area (Å²) in [6.07, 6.45) is 0. The Labute approximate surface area is 86.7 Å². The maximum Gasteiger partial charge on any atom is 0.153 e. The van der Waals surface area contributed by atoms with Crippen molar-refractivity contribution in [3.05, 3.63) is 24.0 Å². The zero-order chi connectivity index (χ0) is 10.8. The summed E-state index contributed by atoms with van der Waals surface area (Å²) in [6.45, 7) is 1.81. The topological polar surface area (TPSA) is 78.8 Å². The molecule has 0 aliphatic carbocycles. The van der Waals surface area contributed by atoms with Crippen LogP contribution in [0.2, 0.25) is 0 Å². The first-order chi connectivity index (χ1) is 7.22. The Bertz CT molecular complexity index is 479. The number of benzene rings is 1. The average molecular weight is 205 g/mol. The molecule has 0 bridgehead atoms. The van der Waals surface area contributed by atoms with Crippen molar-refractivity contribution < 1.29 is 4.74 Å². The summed E-state index contributed by atoms with van der Waals surface area (Å²) < 4.78 is 6.63. The predicted octanol–water partition coefficient (Wildman–Crippen LogP) is 0.562. The lowest BCUT2D eigenvalue weighted by Gasteiger charge is -2.07. The van der Waals surface area contributed by atoms with E-state index < -0.39 is 0 Å². The van der Waals surface area contributed by atoms with E-state index in [-0.39, 0.29) is 0 Å². The Hall–Kier alpha value is -2.11. The highest BCUT2D eigenvalue weighted by molar-refractivity contribution is 5.60. The largest absolute Gasteiger partial charge is 0.497 e. The first-order valence-electron chi connectivity index (χ1n) is 4.41. The predicted molar refractivity (Wildman–Crippen MR) is 54.9 cm³/mol. The van der Waals surface area contributed by atoms with Crippen molar-refractivity contribution >= 4 is 5.69 Å². The molecule has 0 atom stereocenters. The summed E-state index contributed by atoms with van der Waals surface area (Å²) in [5.74, 6) is 1.40. The SMILES string of the molecule is COc1ccc(-n2nnnc2C)c(N)c1. The van der Waals surface area contributed by atoms with Gasteiger partial charge in [-0.1, -0.05) is 0 Å². The van der Waals surface area contributed by atoms with E-state index in [9.17, 15) is 0 Å². The second-order valence-corrected chi connectivity index (χ2v) is 3.06. The number of tetrazole rings is 1. The molecular formula is C9H11N5O. The van der Waals surface area contributed by atoms with Gasteiger partial charge in [0.25, 0.3) is 0 Å². The maximum absolute atomic E-state index is 5.86. The maximum atomic E-state index is 5.86. The van der Waals surface area contributed by atoms with Gasteiger partial charge < -0.3 is 10.5 Å². The summed E-state index contributed by atoms with van der Waals surface area (Å²) in [4.78, 5) is 0. The minimum atomic E-state index is 0.574. The molecular weight excluding hydrogens is 194 g/mol. The van der Waals surface area contributed by atoms with Gasteiger partial charge in [0.2, 0.25) is 0 Å². The van der Waals surface area contributed by atoms with E-state index in [1.165, 1.54) is 0 Å². The van der Waals surface area contributed by atoms with Crippen LogP contribution in [0.25, 0.3) is 5.69 Å². The Kier molecular flexibility index (Phi) is 2.24. The molecule has 2 rings (SSSR count). The number of nitrogens with two attached hydrogens (primary N) is 1. The minimum Gasteiger partial charge on any atom is -0.497 e. The van der Waals surface area contributed by atoms with Crippen LogP contribution >= 0.6 is 0 Å². The molecule has 1 heterocycles. The highest BCUT2D eigenvalue weighted by Crippen LogP contribution is 2.22. The van der Waals surface area contributed by atoms with Gasteiger partial charge in [-0.25, -0.2) is 0 Å². The Morgan fingerprint density at radius 1 is 1.40 bits per heavy atom. The van der Waals surface area contributed by atoms with E-state index in [1.54, 1.807) is 17.9 Å². The number of nitrogens with zero attached hydrogens (tertiary/aromatic N) is 4. The van der Waals surface area contributed by atoms with Gasteiger partial charge >= 0.3 is 0 Å². The number of hydrogen-bond acceptors (Lipinski definition) is 5. The minimum absolute atomic E-state index is 0.574. The molecule has 15 heavy (non-hydrogen) atoms. The molecule has 0 aliphatic rings. The van der Waals surface area contributed by atoms with E-state index in [4.69, 9.17) is 10.5 Å². The number of anilines is 1. The van der Waals surface area contributed by atoms with Crippen LogP contribution in [-0.4, -0.2) is 27.3 Å². The quantitative estimate of drug-likeness (QED) is 0.725. The molecule has 0 saturated carbocycles. The van der Waals surface area contributed by atoms with Gasteiger partial charge in [-0.2, -0.15) is 4.68 Å². The number of ether oxygens (including phenoxy) is 1. The molecule has 1 aromatic carbocycles. The van der Waals surface area contributed by atoms with Gasteiger partial charge in [0.05, 0.1) is 18.5 Å². The van der Waals surface area contributed by atoms with E-state index in [0.29, 0.717) is 17.3 Å². The number of aromatic nitrogens is 4. The molecule has 78 valence electrons. The number of methoxy groups -OCH3 is 1. The van der Waals surface area contributed by atoms with Crippen molar-refractivity contribution in [2.45, 2.75) is 6.92 Å². The van der Waals surface area contributed by atoms with Crippen molar-refractivity contribution in [3.8, 4) is 11.4 Å². The lowest BCUT2D eigenvalue weighted by Crippen LogP contribution is -2.03. The van der Waals surface area contributed by atoms with Crippen molar-refractivity contribution in [1.82, 2.24) is 20.2 Å². The van der Waals surface area contributed by atoms with E-state index in [0.717, 1.165) is 5.69 Å². The van der Waals surface area contributed by atoms with E-state index >= 15 is 0 Å². The van der Waals surface area contributed by atoms with Gasteiger partial charge in [-0.05, 0) is 29.5 Å². The van der Waals surface area contributed by atoms with Gasteiger partial charge in [0.1, 0.15) is 5.75 Å². The van der Waals surface area contributed by atoms with Gasteiger partial charge in [0, 0.05) is 6.07 Å². The van der Waals surface area contributed by atoms with Crippen LogP contribution in [0.4, 0.5) is 5.69 Å². The van der Waals surface area contributed by atoms with Crippen molar-refractivity contribution in [2.75, 3.05) is 12.8 Å². The van der Waals surface area contributed by atoms with Crippen molar-refractivity contribution in [1.29, 1.82) is 0 Å². The summed E-state index contributed by atoms with van der Waals surface area (Å²) >= 11 is 0. The first-order valence-corrected chi connectivity index (χ1v) is 4.41. The molecule has 0 saturated heterocycles. The molecule has 6 heteroatoms. The third-order valence-corrected chi connectivity index (χ3v) is 2.09. The Morgan fingerprint density at radius 3 is 2.73 bits per heavy atom. The average Bonchev–Trinajstić information content (AvgIpc) is 2.64. The molecule has 1 aromatic heterocycles. The molecule has 0 radical (unpaired) electrons. The second kappa shape index (κ2) is 3.56. The summed E-state index contributed by atoms with van der Waals surface area (Å²) in [6, 6.07) is 5.36. The van der Waals surface area contributed by atoms with Crippen LogP contribution in [0, 0.1) is 6.92 Å². The fourth-order valence-corrected chi connectivity index (χ4v) is 1.31. The van der Waals surface area contributed by atoms with Crippen LogP contribution < -0.4 is 10.5 Å². The monoisotopic (exact) mass is 205 g/mol. The third kappa shape index (κ3) is 1.61. The normalized spacial score (nSPS) is 10.3. The van der Waals surface area contributed by atoms with Crippen LogP contribution in [-0.2, 0) is 0 Å². The van der Waals surface area contributed by atoms with E-state index in [1.807, 2.05) is 19.1 Å². The van der Waals surface area contributed by atoms with Crippen molar-refractivity contribution in [2.24, 2.45) is 0 Å². The Morgan fingerprint density at radius 2 is 2.20 bits per heavy atom. The summed E-state index contributed by atoms with van der Waals surface area (Å²) in [5, 5.41) is 11.2. The van der Waals surface area contributed by atoms with Gasteiger partial charge in [0.15, 0.2) is 5.82 Å². The number of aryl methyl sites for hydroxylation is 1. The van der Waals surface area contributed by atoms with Crippen LogP contribution in [0.3, 0.4) is 0 Å². The van der Waals surface area contributed by atoms with Gasteiger partial charge in [-0.15, -0.1) is 5.10 Å². The summed E-state index contributed by atoms with van der Waals surface area (Å²) in [5.41, 5.74) is 7.18. The number of hydrogen-bond donors (Lipinski definition) is 1. The molecule has 2 aromatic rings. The van der Waals surface area contributed by atoms with Crippen molar-refractivity contribution in [3.63, 3.8) is 0 Å². The molecule has 0 spiro atoms. The van der Waals surface area contributed by atoms with Crippen LogP contribution in [0.5, 0.6) is 5.75 Å². The lowest BCUT2D eigenvalue weighted by atomic mass is 10.2. The van der Waals surface area contributed by atoms with Crippen LogP contribution in [0.1, 0.15) is 5.82 Å². The zero-order valence-electron chi connectivity index (χ0n) is 8.51. The molecule has 0 amide bonds. The first kappa shape index (κ1) is 9.45. The number of rotatable bonds is 2. The van der Waals surface area contributed by atoms with E-state index in [2.05, 4.69) is 15.5 Å². The fraction of sp³-hybridized carbons (Fsp3) is 0.222. The highest BCUT2D eigenvalue weighted by atomic mass is 16.5. The highest BCUT2D eigenvalue weighted by Gasteiger charge is 2.07. The summed E-state index contributed by atoms with van der Waals surface area (Å²) in [7, 11) is 1.59. The molecule has 0 fully saturated rings. The van der Waals surface area contributed by atoms with Gasteiger partial charge in [-0.3, -0.25) is 0 Å². The molecule has 2 N–H and O–H groups in total. The smallest absolute Gasteiger partial charge is 0.153 e. The zero-order valence-corrected chi connectivity index (χ0v) is 8.51. The molecule has 6 nitrogen and oxygen atoms in total. The van der Waals surface area contributed by atoms with Crippen LogP contribution in [0.15, 0.2) is 18.2 Å².